The van der Waals surface area contributed by atoms with E-state index in [-0.39, 0.29) is 24.5 Å². The van der Waals surface area contributed by atoms with Crippen molar-refractivity contribution in [2.45, 2.75) is 50.0 Å². The number of nitrogens with zero attached hydrogens (tertiary/aromatic N) is 1. The van der Waals surface area contributed by atoms with Crippen LogP contribution in [0, 0.1) is 0 Å². The molecule has 0 radical (unpaired) electrons. The minimum Gasteiger partial charge on any atom is -0.394 e. The highest BCUT2D eigenvalue weighted by Crippen LogP contribution is 2.35. The fourth-order valence-corrected chi connectivity index (χ4v) is 2.78. The van der Waals surface area contributed by atoms with Crippen LogP contribution in [0.15, 0.2) is 15.8 Å². The molecule has 3 N–H and O–H groups in total. The van der Waals surface area contributed by atoms with Crippen molar-refractivity contribution >= 4 is 0 Å². The van der Waals surface area contributed by atoms with Gasteiger partial charge in [-0.15, -0.1) is 0 Å². The Morgan fingerprint density at radius 3 is 2.70 bits per heavy atom. The Balaban J connectivity index is 1.93. The summed E-state index contributed by atoms with van der Waals surface area (Å²) in [5.41, 5.74) is -0.288. The molecule has 0 spiro atoms. The van der Waals surface area contributed by atoms with Gasteiger partial charge < -0.3 is 14.9 Å². The zero-order valence-electron chi connectivity index (χ0n) is 11.0. The van der Waals surface area contributed by atoms with Crippen LogP contribution in [0.2, 0.25) is 0 Å². The Morgan fingerprint density at radius 2 is 2.15 bits per heavy atom. The van der Waals surface area contributed by atoms with Gasteiger partial charge in [0, 0.05) is 18.2 Å². The number of rotatable bonds is 3. The predicted octanol–water partition coefficient (Wildman–Crippen LogP) is -0.555. The summed E-state index contributed by atoms with van der Waals surface area (Å²) in [6.45, 7) is -0.300. The van der Waals surface area contributed by atoms with Gasteiger partial charge in [-0.3, -0.25) is 14.3 Å². The number of H-pyrrole nitrogens is 1. The first-order valence-electron chi connectivity index (χ1n) is 6.90. The fraction of sp³-hybridized carbons (Fsp3) is 0.692. The summed E-state index contributed by atoms with van der Waals surface area (Å²) in [5, 5.41) is 18.8. The van der Waals surface area contributed by atoms with E-state index in [1.807, 2.05) is 0 Å². The van der Waals surface area contributed by atoms with Crippen molar-refractivity contribution in [2.24, 2.45) is 0 Å². The monoisotopic (exact) mass is 282 g/mol. The first-order chi connectivity index (χ1) is 9.60. The van der Waals surface area contributed by atoms with E-state index in [0.717, 1.165) is 19.3 Å². The van der Waals surface area contributed by atoms with Crippen LogP contribution in [-0.2, 0) is 4.74 Å². The van der Waals surface area contributed by atoms with E-state index in [9.17, 15) is 14.7 Å². The molecule has 3 atom stereocenters. The molecule has 7 nitrogen and oxygen atoms in total. The third-order valence-corrected chi connectivity index (χ3v) is 4.23. The summed E-state index contributed by atoms with van der Waals surface area (Å²) in [4.78, 5) is 26.0. The Labute approximate surface area is 114 Å². The molecule has 1 saturated heterocycles. The second-order valence-electron chi connectivity index (χ2n) is 5.49. The summed E-state index contributed by atoms with van der Waals surface area (Å²) in [7, 11) is 0. The maximum atomic E-state index is 11.9. The van der Waals surface area contributed by atoms with E-state index in [2.05, 4.69) is 4.98 Å². The van der Waals surface area contributed by atoms with Gasteiger partial charge in [-0.2, -0.15) is 0 Å². The molecule has 1 aromatic rings. The topological polar surface area (TPSA) is 105 Å². The van der Waals surface area contributed by atoms with E-state index in [0.29, 0.717) is 5.56 Å². The van der Waals surface area contributed by atoms with E-state index >= 15 is 0 Å². The van der Waals surface area contributed by atoms with Gasteiger partial charge in [-0.25, -0.2) is 4.79 Å². The Hall–Kier alpha value is -1.44. The van der Waals surface area contributed by atoms with Crippen LogP contribution in [0.3, 0.4) is 0 Å². The molecule has 2 fully saturated rings. The van der Waals surface area contributed by atoms with Gasteiger partial charge in [-0.05, 0) is 18.8 Å². The molecule has 1 aromatic heterocycles. The van der Waals surface area contributed by atoms with E-state index < -0.39 is 24.1 Å². The third-order valence-electron chi connectivity index (χ3n) is 4.23. The summed E-state index contributed by atoms with van der Waals surface area (Å²) in [6, 6.07) is 0. The molecule has 1 saturated carbocycles. The minimum atomic E-state index is -0.809. The highest BCUT2D eigenvalue weighted by atomic mass is 16.5. The van der Waals surface area contributed by atoms with Gasteiger partial charge in [-0.1, -0.05) is 6.42 Å². The van der Waals surface area contributed by atoms with Crippen molar-refractivity contribution in [2.75, 3.05) is 6.61 Å². The number of aliphatic hydroxyl groups excluding tert-OH is 2. The smallest absolute Gasteiger partial charge is 0.330 e. The molecule has 0 unspecified atom stereocenters. The Bertz CT molecular complexity index is 604. The molecule has 0 aromatic carbocycles. The molecule has 3 rings (SSSR count). The van der Waals surface area contributed by atoms with Crippen LogP contribution in [0.1, 0.15) is 43.4 Å². The molecule has 20 heavy (non-hydrogen) atoms. The summed E-state index contributed by atoms with van der Waals surface area (Å²) < 4.78 is 6.77. The standard InChI is InChI=1S/C13H18N2O5/c16-6-10-9(17)4-11(20-10)15-5-8(7-2-1-3-7)12(18)14-13(15)19/h5,7,9-11,16-17H,1-4,6H2,(H,14,18,19)/t9-,10+,11+/m0/s1. The van der Waals surface area contributed by atoms with Gasteiger partial charge in [0.25, 0.3) is 5.56 Å². The van der Waals surface area contributed by atoms with Gasteiger partial charge in [0.1, 0.15) is 12.3 Å². The Kier molecular flexibility index (Phi) is 3.49. The van der Waals surface area contributed by atoms with Crippen molar-refractivity contribution < 1.29 is 14.9 Å². The second kappa shape index (κ2) is 5.16. The molecule has 110 valence electrons. The van der Waals surface area contributed by atoms with Gasteiger partial charge >= 0.3 is 5.69 Å². The van der Waals surface area contributed by atoms with E-state index in [1.165, 1.54) is 4.57 Å². The van der Waals surface area contributed by atoms with Crippen LogP contribution >= 0.6 is 0 Å². The third kappa shape index (κ3) is 2.21. The van der Waals surface area contributed by atoms with Crippen LogP contribution in [0.25, 0.3) is 0 Å². The largest absolute Gasteiger partial charge is 0.394 e. The average Bonchev–Trinajstić information content (AvgIpc) is 2.71. The SMILES string of the molecule is O=c1[nH]c(=O)n([C@H]2C[C@H](O)[C@@H](CO)O2)cc1C1CCC1. The predicted molar refractivity (Wildman–Crippen MR) is 69.5 cm³/mol. The number of aromatic amines is 1. The highest BCUT2D eigenvalue weighted by Gasteiger charge is 2.35. The molecule has 2 heterocycles. The van der Waals surface area contributed by atoms with Gasteiger partial charge in [0.05, 0.1) is 12.7 Å². The summed E-state index contributed by atoms with van der Waals surface area (Å²) >= 11 is 0. The number of aromatic nitrogens is 2. The summed E-state index contributed by atoms with van der Waals surface area (Å²) in [6.07, 6.45) is 2.62. The van der Waals surface area contributed by atoms with Crippen LogP contribution in [0.4, 0.5) is 0 Å². The zero-order chi connectivity index (χ0) is 14.3. The first-order valence-corrected chi connectivity index (χ1v) is 6.90. The molecule has 7 heteroatoms. The summed E-state index contributed by atoms with van der Waals surface area (Å²) in [5.74, 6) is 0.200. The van der Waals surface area contributed by atoms with Crippen LogP contribution in [0.5, 0.6) is 0 Å². The number of hydrogen-bond donors (Lipinski definition) is 3. The van der Waals surface area contributed by atoms with Crippen molar-refractivity contribution in [3.8, 4) is 0 Å². The minimum absolute atomic E-state index is 0.200. The fourth-order valence-electron chi connectivity index (χ4n) is 2.78. The highest BCUT2D eigenvalue weighted by molar-refractivity contribution is 5.14. The molecule has 1 aliphatic heterocycles. The van der Waals surface area contributed by atoms with E-state index in [1.54, 1.807) is 6.20 Å². The normalized spacial score (nSPS) is 30.4. The van der Waals surface area contributed by atoms with Crippen molar-refractivity contribution in [3.63, 3.8) is 0 Å². The van der Waals surface area contributed by atoms with Gasteiger partial charge in [0.15, 0.2) is 0 Å². The van der Waals surface area contributed by atoms with Crippen molar-refractivity contribution in [1.82, 2.24) is 9.55 Å². The molecule has 1 aliphatic carbocycles. The number of aliphatic hydroxyl groups is 2. The number of nitrogens with one attached hydrogen (secondary N) is 1. The van der Waals surface area contributed by atoms with Crippen molar-refractivity contribution in [3.05, 3.63) is 32.6 Å². The zero-order valence-corrected chi connectivity index (χ0v) is 11.0. The Morgan fingerprint density at radius 1 is 1.40 bits per heavy atom. The average molecular weight is 282 g/mol. The lowest BCUT2D eigenvalue weighted by atomic mass is 9.81. The van der Waals surface area contributed by atoms with Crippen molar-refractivity contribution in [1.29, 1.82) is 0 Å². The molecular formula is C13H18N2O5. The molecule has 2 aliphatic rings. The lowest BCUT2D eigenvalue weighted by Crippen LogP contribution is -2.36. The molecule has 0 bridgehead atoms. The lowest BCUT2D eigenvalue weighted by Gasteiger charge is -2.25. The maximum absolute atomic E-state index is 11.9. The molecular weight excluding hydrogens is 264 g/mol. The number of hydrogen-bond acceptors (Lipinski definition) is 5. The van der Waals surface area contributed by atoms with E-state index in [4.69, 9.17) is 9.84 Å². The lowest BCUT2D eigenvalue weighted by molar-refractivity contribution is -0.0460. The molecule has 0 amide bonds. The van der Waals surface area contributed by atoms with Gasteiger partial charge in [0.2, 0.25) is 0 Å². The first kappa shape index (κ1) is 13.5. The van der Waals surface area contributed by atoms with Crippen LogP contribution in [-0.4, -0.2) is 38.6 Å². The number of ether oxygens (including phenoxy) is 1. The quantitative estimate of drug-likeness (QED) is 0.689. The van der Waals surface area contributed by atoms with Crippen LogP contribution < -0.4 is 11.2 Å². The second-order valence-corrected chi connectivity index (χ2v) is 5.49. The maximum Gasteiger partial charge on any atom is 0.330 e.